The Morgan fingerprint density at radius 1 is 1.43 bits per heavy atom. The normalized spacial score (nSPS) is 16.7. The highest BCUT2D eigenvalue weighted by molar-refractivity contribution is 6.31. The molecule has 1 aromatic carbocycles. The van der Waals surface area contributed by atoms with Crippen molar-refractivity contribution in [1.82, 2.24) is 5.32 Å². The molecule has 0 bridgehead atoms. The lowest BCUT2D eigenvalue weighted by Gasteiger charge is -2.26. The summed E-state index contributed by atoms with van der Waals surface area (Å²) in [6, 6.07) is 5.54. The molecule has 0 spiro atoms. The zero-order valence-corrected chi connectivity index (χ0v) is 8.65. The summed E-state index contributed by atoms with van der Waals surface area (Å²) in [6.07, 6.45) is 3.76. The summed E-state index contributed by atoms with van der Waals surface area (Å²) in [5.41, 5.74) is 0.846. The molecule has 0 saturated heterocycles. The predicted molar refractivity (Wildman–Crippen MR) is 55.9 cm³/mol. The van der Waals surface area contributed by atoms with Gasteiger partial charge in [-0.05, 0) is 24.5 Å². The van der Waals surface area contributed by atoms with Gasteiger partial charge in [-0.25, -0.2) is 4.39 Å². The van der Waals surface area contributed by atoms with Gasteiger partial charge in [0.1, 0.15) is 5.82 Å². The molecule has 0 aliphatic heterocycles. The molecule has 14 heavy (non-hydrogen) atoms. The van der Waals surface area contributed by atoms with Crippen molar-refractivity contribution in [3.8, 4) is 0 Å². The van der Waals surface area contributed by atoms with E-state index in [1.807, 2.05) is 6.07 Å². The number of hydrogen-bond acceptors (Lipinski definition) is 1. The van der Waals surface area contributed by atoms with E-state index in [0.29, 0.717) is 12.6 Å². The maximum absolute atomic E-state index is 13.0. The number of benzene rings is 1. The third kappa shape index (κ3) is 2.07. The van der Waals surface area contributed by atoms with E-state index < -0.39 is 0 Å². The molecule has 1 aliphatic rings. The van der Waals surface area contributed by atoms with Gasteiger partial charge in [-0.1, -0.05) is 30.2 Å². The highest BCUT2D eigenvalue weighted by Gasteiger charge is 2.16. The Kier molecular flexibility index (Phi) is 3.04. The minimum Gasteiger partial charge on any atom is -0.310 e. The van der Waals surface area contributed by atoms with E-state index in [2.05, 4.69) is 5.32 Å². The molecule has 1 aliphatic carbocycles. The first kappa shape index (κ1) is 9.94. The van der Waals surface area contributed by atoms with E-state index >= 15 is 0 Å². The Hall–Kier alpha value is -0.600. The summed E-state index contributed by atoms with van der Waals surface area (Å²) in [5.74, 6) is -0.334. The molecule has 1 saturated carbocycles. The van der Waals surface area contributed by atoms with Crippen molar-refractivity contribution in [2.24, 2.45) is 0 Å². The Balaban J connectivity index is 1.97. The zero-order chi connectivity index (χ0) is 9.97. The van der Waals surface area contributed by atoms with Crippen molar-refractivity contribution in [2.75, 3.05) is 0 Å². The van der Waals surface area contributed by atoms with Crippen LogP contribution < -0.4 is 5.32 Å². The minimum atomic E-state index is -0.334. The fraction of sp³-hybridized carbons (Fsp3) is 0.455. The molecule has 1 fully saturated rings. The largest absolute Gasteiger partial charge is 0.310 e. The Morgan fingerprint density at radius 3 is 2.86 bits per heavy atom. The molecule has 1 N–H and O–H groups in total. The van der Waals surface area contributed by atoms with Gasteiger partial charge in [-0.15, -0.1) is 0 Å². The molecular formula is C11H13ClFN. The van der Waals surface area contributed by atoms with E-state index in [9.17, 15) is 4.39 Å². The average molecular weight is 214 g/mol. The van der Waals surface area contributed by atoms with Gasteiger partial charge in [0.2, 0.25) is 0 Å². The second-order valence-corrected chi connectivity index (χ2v) is 4.10. The standard InChI is InChI=1S/C11H13ClFN/c12-11-8(3-1-6-10(11)13)7-14-9-4-2-5-9/h1,3,6,9,14H,2,4-5,7H2. The van der Waals surface area contributed by atoms with Crippen LogP contribution in [0.5, 0.6) is 0 Å². The monoisotopic (exact) mass is 213 g/mol. The van der Waals surface area contributed by atoms with Gasteiger partial charge in [0.05, 0.1) is 5.02 Å². The maximum atomic E-state index is 13.0. The molecule has 0 aromatic heterocycles. The smallest absolute Gasteiger partial charge is 0.142 e. The minimum absolute atomic E-state index is 0.249. The number of hydrogen-bond donors (Lipinski definition) is 1. The van der Waals surface area contributed by atoms with Crippen LogP contribution in [0.3, 0.4) is 0 Å². The van der Waals surface area contributed by atoms with Gasteiger partial charge in [0.15, 0.2) is 0 Å². The van der Waals surface area contributed by atoms with Gasteiger partial charge in [0, 0.05) is 12.6 Å². The topological polar surface area (TPSA) is 12.0 Å². The van der Waals surface area contributed by atoms with Crippen molar-refractivity contribution < 1.29 is 4.39 Å². The van der Waals surface area contributed by atoms with Gasteiger partial charge >= 0.3 is 0 Å². The Bertz CT molecular complexity index is 323. The van der Waals surface area contributed by atoms with Crippen LogP contribution in [0, 0.1) is 5.82 Å². The predicted octanol–water partition coefficient (Wildman–Crippen LogP) is 3.12. The zero-order valence-electron chi connectivity index (χ0n) is 7.89. The maximum Gasteiger partial charge on any atom is 0.142 e. The van der Waals surface area contributed by atoms with Gasteiger partial charge in [-0.3, -0.25) is 0 Å². The molecule has 0 heterocycles. The average Bonchev–Trinajstić information content (AvgIpc) is 2.09. The molecule has 2 rings (SSSR count). The van der Waals surface area contributed by atoms with Crippen LogP contribution in [-0.4, -0.2) is 6.04 Å². The van der Waals surface area contributed by atoms with Crippen LogP contribution in [0.4, 0.5) is 4.39 Å². The van der Waals surface area contributed by atoms with E-state index in [4.69, 9.17) is 11.6 Å². The summed E-state index contributed by atoms with van der Waals surface area (Å²) >= 11 is 5.82. The molecule has 0 radical (unpaired) electrons. The molecule has 1 nitrogen and oxygen atoms in total. The quantitative estimate of drug-likeness (QED) is 0.814. The molecule has 0 amide bonds. The van der Waals surface area contributed by atoms with Crippen molar-refractivity contribution in [2.45, 2.75) is 31.8 Å². The van der Waals surface area contributed by atoms with Gasteiger partial charge in [-0.2, -0.15) is 0 Å². The Morgan fingerprint density at radius 2 is 2.21 bits per heavy atom. The van der Waals surface area contributed by atoms with Crippen molar-refractivity contribution in [1.29, 1.82) is 0 Å². The molecule has 76 valence electrons. The lowest BCUT2D eigenvalue weighted by molar-refractivity contribution is 0.338. The SMILES string of the molecule is Fc1cccc(CNC2CCC2)c1Cl. The fourth-order valence-electron chi connectivity index (χ4n) is 1.55. The van der Waals surface area contributed by atoms with Gasteiger partial charge < -0.3 is 5.32 Å². The first-order valence-electron chi connectivity index (χ1n) is 4.93. The Labute approximate surface area is 88.3 Å². The van der Waals surface area contributed by atoms with E-state index in [1.165, 1.54) is 25.3 Å². The number of rotatable bonds is 3. The highest BCUT2D eigenvalue weighted by Crippen LogP contribution is 2.22. The van der Waals surface area contributed by atoms with Crippen molar-refractivity contribution in [3.63, 3.8) is 0 Å². The summed E-state index contributed by atoms with van der Waals surface area (Å²) in [5, 5.41) is 3.60. The third-order valence-corrected chi connectivity index (χ3v) is 3.14. The second kappa shape index (κ2) is 4.28. The van der Waals surface area contributed by atoms with Gasteiger partial charge in [0.25, 0.3) is 0 Å². The first-order valence-corrected chi connectivity index (χ1v) is 5.31. The van der Waals surface area contributed by atoms with Crippen LogP contribution in [0.2, 0.25) is 5.02 Å². The van der Waals surface area contributed by atoms with Crippen LogP contribution in [0.1, 0.15) is 24.8 Å². The summed E-state index contributed by atoms with van der Waals surface area (Å²) in [7, 11) is 0. The second-order valence-electron chi connectivity index (χ2n) is 3.72. The summed E-state index contributed by atoms with van der Waals surface area (Å²) in [4.78, 5) is 0. The molecule has 1 aromatic rings. The van der Waals surface area contributed by atoms with Crippen LogP contribution in [0.15, 0.2) is 18.2 Å². The van der Waals surface area contributed by atoms with Crippen molar-refractivity contribution in [3.05, 3.63) is 34.6 Å². The molecule has 0 unspecified atom stereocenters. The lowest BCUT2D eigenvalue weighted by atomic mass is 9.93. The fourth-order valence-corrected chi connectivity index (χ4v) is 1.74. The first-order chi connectivity index (χ1) is 6.77. The van der Waals surface area contributed by atoms with E-state index in [1.54, 1.807) is 6.07 Å². The molecule has 0 atom stereocenters. The summed E-state index contributed by atoms with van der Waals surface area (Å²) < 4.78 is 13.0. The van der Waals surface area contributed by atoms with Crippen LogP contribution in [-0.2, 0) is 6.54 Å². The number of nitrogens with one attached hydrogen (secondary N) is 1. The summed E-state index contributed by atoms with van der Waals surface area (Å²) in [6.45, 7) is 0.668. The molecular weight excluding hydrogens is 201 g/mol. The van der Waals surface area contributed by atoms with E-state index in [0.717, 1.165) is 5.56 Å². The van der Waals surface area contributed by atoms with Crippen LogP contribution >= 0.6 is 11.6 Å². The lowest BCUT2D eigenvalue weighted by Crippen LogP contribution is -2.34. The van der Waals surface area contributed by atoms with Crippen molar-refractivity contribution >= 4 is 11.6 Å². The van der Waals surface area contributed by atoms with Crippen LogP contribution in [0.25, 0.3) is 0 Å². The highest BCUT2D eigenvalue weighted by atomic mass is 35.5. The number of halogens is 2. The third-order valence-electron chi connectivity index (χ3n) is 2.72. The van der Waals surface area contributed by atoms with E-state index in [-0.39, 0.29) is 10.8 Å². The molecule has 3 heteroatoms.